The first kappa shape index (κ1) is 15.7. The predicted octanol–water partition coefficient (Wildman–Crippen LogP) is 3.82. The quantitative estimate of drug-likeness (QED) is 0.591. The van der Waals surface area contributed by atoms with Crippen LogP contribution in [0.1, 0.15) is 15.9 Å². The lowest BCUT2D eigenvalue weighted by Gasteiger charge is -2.03. The van der Waals surface area contributed by atoms with E-state index in [0.29, 0.717) is 14.5 Å². The van der Waals surface area contributed by atoms with Gasteiger partial charge in [-0.15, -0.1) is 0 Å². The number of nitrogens with zero attached hydrogens (tertiary/aromatic N) is 1. The first-order valence-corrected chi connectivity index (χ1v) is 7.33. The van der Waals surface area contributed by atoms with Crippen molar-refractivity contribution in [3.63, 3.8) is 0 Å². The molecule has 0 aliphatic heterocycles. The Bertz CT molecular complexity index is 720. The number of hydrazone groups is 1. The van der Waals surface area contributed by atoms with Crippen molar-refractivity contribution in [2.75, 3.05) is 0 Å². The summed E-state index contributed by atoms with van der Waals surface area (Å²) in [5.41, 5.74) is 3.04. The molecule has 0 unspecified atom stereocenters. The Morgan fingerprint density at radius 3 is 2.71 bits per heavy atom. The highest BCUT2D eigenvalue weighted by Gasteiger charge is 2.06. The van der Waals surface area contributed by atoms with Crippen molar-refractivity contribution in [2.24, 2.45) is 5.10 Å². The number of hydrogen-bond acceptors (Lipinski definition) is 3. The van der Waals surface area contributed by atoms with E-state index < -0.39 is 11.7 Å². The summed E-state index contributed by atoms with van der Waals surface area (Å²) in [6.45, 7) is 0. The van der Waals surface area contributed by atoms with Crippen LogP contribution in [0.4, 0.5) is 4.39 Å². The first-order valence-electron chi connectivity index (χ1n) is 5.74. The van der Waals surface area contributed by atoms with E-state index in [4.69, 9.17) is 0 Å². The van der Waals surface area contributed by atoms with Crippen molar-refractivity contribution in [1.29, 1.82) is 0 Å². The number of carbonyl (C=O) groups excluding carboxylic acids is 1. The summed E-state index contributed by atoms with van der Waals surface area (Å²) in [6.07, 6.45) is 1.37. The van der Waals surface area contributed by atoms with Gasteiger partial charge in [-0.2, -0.15) is 5.10 Å². The van der Waals surface area contributed by atoms with Crippen molar-refractivity contribution >= 4 is 44.0 Å². The number of halogens is 3. The number of carbonyl (C=O) groups is 1. The Morgan fingerprint density at radius 1 is 1.24 bits per heavy atom. The normalized spacial score (nSPS) is 10.8. The topological polar surface area (TPSA) is 61.7 Å². The molecule has 0 fully saturated rings. The molecule has 2 aromatic rings. The maximum Gasteiger partial charge on any atom is 0.271 e. The molecule has 21 heavy (non-hydrogen) atoms. The number of phenolic OH excluding ortho intramolecular Hbond substituents is 1. The summed E-state index contributed by atoms with van der Waals surface area (Å²) >= 11 is 6.49. The lowest BCUT2D eigenvalue weighted by atomic mass is 10.2. The largest absolute Gasteiger partial charge is 0.507 e. The molecule has 0 aliphatic carbocycles. The molecule has 0 atom stereocenters. The van der Waals surface area contributed by atoms with Crippen molar-refractivity contribution in [2.45, 2.75) is 0 Å². The number of phenols is 1. The van der Waals surface area contributed by atoms with Crippen LogP contribution in [0, 0.1) is 5.82 Å². The van der Waals surface area contributed by atoms with E-state index in [0.717, 1.165) is 6.07 Å². The van der Waals surface area contributed by atoms with E-state index in [-0.39, 0.29) is 11.3 Å². The molecule has 2 aromatic carbocycles. The molecule has 0 saturated carbocycles. The first-order chi connectivity index (χ1) is 9.97. The molecule has 1 amide bonds. The Labute approximate surface area is 136 Å². The smallest absolute Gasteiger partial charge is 0.271 e. The lowest BCUT2D eigenvalue weighted by molar-refractivity contribution is 0.0954. The second kappa shape index (κ2) is 6.82. The van der Waals surface area contributed by atoms with Crippen LogP contribution < -0.4 is 5.43 Å². The van der Waals surface area contributed by atoms with Gasteiger partial charge in [-0.1, -0.05) is 22.0 Å². The summed E-state index contributed by atoms with van der Waals surface area (Å²) in [4.78, 5) is 11.7. The van der Waals surface area contributed by atoms with E-state index in [1.165, 1.54) is 30.5 Å². The Kier molecular flexibility index (Phi) is 5.08. The monoisotopic (exact) mass is 414 g/mol. The van der Waals surface area contributed by atoms with Gasteiger partial charge < -0.3 is 5.11 Å². The molecular formula is C14H9Br2FN2O2. The molecule has 2 rings (SSSR count). The lowest BCUT2D eigenvalue weighted by Crippen LogP contribution is -2.17. The number of hydrogen-bond donors (Lipinski definition) is 2. The predicted molar refractivity (Wildman–Crippen MR) is 85.0 cm³/mol. The third kappa shape index (κ3) is 4.12. The van der Waals surface area contributed by atoms with Crippen LogP contribution in [-0.4, -0.2) is 17.2 Å². The van der Waals surface area contributed by atoms with Gasteiger partial charge in [0.05, 0.1) is 10.7 Å². The van der Waals surface area contributed by atoms with E-state index in [9.17, 15) is 14.3 Å². The second-order valence-electron chi connectivity index (χ2n) is 4.03. The summed E-state index contributed by atoms with van der Waals surface area (Å²) in [7, 11) is 0. The molecule has 2 N–H and O–H groups in total. The summed E-state index contributed by atoms with van der Waals surface area (Å²) in [6, 6.07) is 8.43. The van der Waals surface area contributed by atoms with Gasteiger partial charge in [-0.05, 0) is 46.3 Å². The van der Waals surface area contributed by atoms with Gasteiger partial charge in [0.15, 0.2) is 0 Å². The number of nitrogens with one attached hydrogen (secondary N) is 1. The summed E-state index contributed by atoms with van der Waals surface area (Å²) in [5, 5.41) is 13.4. The fourth-order valence-electron chi connectivity index (χ4n) is 1.51. The minimum absolute atomic E-state index is 0.0520. The molecule has 0 bridgehead atoms. The van der Waals surface area contributed by atoms with E-state index in [1.807, 2.05) is 0 Å². The Morgan fingerprint density at radius 2 is 2.00 bits per heavy atom. The van der Waals surface area contributed by atoms with Crippen molar-refractivity contribution in [3.8, 4) is 5.75 Å². The highest BCUT2D eigenvalue weighted by atomic mass is 79.9. The van der Waals surface area contributed by atoms with Crippen LogP contribution in [0.15, 0.2) is 50.4 Å². The van der Waals surface area contributed by atoms with Crippen LogP contribution in [0.2, 0.25) is 0 Å². The van der Waals surface area contributed by atoms with Crippen LogP contribution in [0.5, 0.6) is 5.75 Å². The molecule has 0 aromatic heterocycles. The average Bonchev–Trinajstić information content (AvgIpc) is 2.44. The van der Waals surface area contributed by atoms with Gasteiger partial charge in [-0.3, -0.25) is 4.79 Å². The number of amides is 1. The highest BCUT2D eigenvalue weighted by molar-refractivity contribution is 9.11. The van der Waals surface area contributed by atoms with E-state index in [2.05, 4.69) is 42.4 Å². The number of rotatable bonds is 3. The molecular weight excluding hydrogens is 407 g/mol. The second-order valence-corrected chi connectivity index (χ2v) is 5.74. The molecule has 0 spiro atoms. The standard InChI is InChI=1S/C14H9Br2FN2O2/c15-11-6-12(16)13(20)5-9(11)7-18-19-14(21)8-2-1-3-10(17)4-8/h1-7,20H,(H,19,21). The Hall–Kier alpha value is -1.73. The summed E-state index contributed by atoms with van der Waals surface area (Å²) < 4.78 is 14.2. The zero-order valence-electron chi connectivity index (χ0n) is 10.5. The van der Waals surface area contributed by atoms with Crippen LogP contribution in [0.25, 0.3) is 0 Å². The van der Waals surface area contributed by atoms with Gasteiger partial charge in [0.1, 0.15) is 11.6 Å². The van der Waals surface area contributed by atoms with Crippen LogP contribution in [-0.2, 0) is 0 Å². The summed E-state index contributed by atoms with van der Waals surface area (Å²) in [5.74, 6) is -0.966. The maximum atomic E-state index is 13.0. The molecule has 4 nitrogen and oxygen atoms in total. The van der Waals surface area contributed by atoms with E-state index >= 15 is 0 Å². The van der Waals surface area contributed by atoms with Crippen molar-refractivity contribution < 1.29 is 14.3 Å². The third-order valence-electron chi connectivity index (χ3n) is 2.52. The van der Waals surface area contributed by atoms with Crippen LogP contribution >= 0.6 is 31.9 Å². The zero-order chi connectivity index (χ0) is 15.4. The fraction of sp³-hybridized carbons (Fsp3) is 0. The van der Waals surface area contributed by atoms with Gasteiger partial charge in [0.2, 0.25) is 0 Å². The molecule has 0 saturated heterocycles. The SMILES string of the molecule is O=C(NN=Cc1cc(O)c(Br)cc1Br)c1cccc(F)c1. The minimum Gasteiger partial charge on any atom is -0.507 e. The van der Waals surface area contributed by atoms with Crippen molar-refractivity contribution in [1.82, 2.24) is 5.43 Å². The molecule has 108 valence electrons. The van der Waals surface area contributed by atoms with Gasteiger partial charge in [-0.25, -0.2) is 9.82 Å². The fourth-order valence-corrected chi connectivity index (χ4v) is 2.60. The maximum absolute atomic E-state index is 13.0. The molecule has 0 heterocycles. The zero-order valence-corrected chi connectivity index (χ0v) is 13.7. The van der Waals surface area contributed by atoms with Crippen molar-refractivity contribution in [3.05, 3.63) is 62.3 Å². The average molecular weight is 416 g/mol. The molecule has 0 radical (unpaired) electrons. The minimum atomic E-state index is -0.525. The third-order valence-corrected chi connectivity index (χ3v) is 3.84. The van der Waals surface area contributed by atoms with Gasteiger partial charge >= 0.3 is 0 Å². The van der Waals surface area contributed by atoms with Crippen LogP contribution in [0.3, 0.4) is 0 Å². The van der Waals surface area contributed by atoms with E-state index in [1.54, 1.807) is 6.07 Å². The highest BCUT2D eigenvalue weighted by Crippen LogP contribution is 2.29. The Balaban J connectivity index is 2.09. The van der Waals surface area contributed by atoms with Gasteiger partial charge in [0.25, 0.3) is 5.91 Å². The van der Waals surface area contributed by atoms with Gasteiger partial charge in [0, 0.05) is 15.6 Å². The number of benzene rings is 2. The molecule has 7 heteroatoms. The number of aromatic hydroxyl groups is 1. The molecule has 0 aliphatic rings.